The van der Waals surface area contributed by atoms with Gasteiger partial charge in [0, 0.05) is 35.2 Å². The van der Waals surface area contributed by atoms with Gasteiger partial charge in [-0.3, -0.25) is 10.00 Å². The predicted octanol–water partition coefficient (Wildman–Crippen LogP) is 3.53. The van der Waals surface area contributed by atoms with E-state index in [4.69, 9.17) is 9.72 Å². The second-order valence-electron chi connectivity index (χ2n) is 9.64. The number of hydrogen-bond acceptors (Lipinski definition) is 7. The Morgan fingerprint density at radius 3 is 2.87 bits per heavy atom. The SMILES string of the molecule is CC(C)(O)Cn1cc(-c2ccc3c(c2)OCCc2sc(N4CNCC4(C)C)nc2-3)cn1. The van der Waals surface area contributed by atoms with Crippen LogP contribution in [0.3, 0.4) is 0 Å². The molecule has 5 rings (SSSR count). The van der Waals surface area contributed by atoms with E-state index in [1.54, 1.807) is 29.9 Å². The third-order valence-corrected chi connectivity index (χ3v) is 6.95. The monoisotopic (exact) mass is 439 g/mol. The fourth-order valence-electron chi connectivity index (χ4n) is 4.21. The molecule has 8 heteroatoms. The minimum absolute atomic E-state index is 0.0585. The van der Waals surface area contributed by atoms with E-state index in [9.17, 15) is 5.11 Å². The van der Waals surface area contributed by atoms with Crippen molar-refractivity contribution in [3.05, 3.63) is 35.5 Å². The summed E-state index contributed by atoms with van der Waals surface area (Å²) in [6, 6.07) is 6.29. The largest absolute Gasteiger partial charge is 0.492 e. The maximum Gasteiger partial charge on any atom is 0.187 e. The van der Waals surface area contributed by atoms with E-state index in [0.29, 0.717) is 13.2 Å². The molecule has 1 aromatic carbocycles. The lowest BCUT2D eigenvalue weighted by atomic mass is 10.0. The van der Waals surface area contributed by atoms with E-state index in [2.05, 4.69) is 47.4 Å². The summed E-state index contributed by atoms with van der Waals surface area (Å²) >= 11 is 1.78. The molecule has 1 saturated heterocycles. The quantitative estimate of drug-likeness (QED) is 0.648. The number of benzene rings is 1. The first kappa shape index (κ1) is 20.5. The second-order valence-corrected chi connectivity index (χ2v) is 10.7. The van der Waals surface area contributed by atoms with Crippen molar-refractivity contribution < 1.29 is 9.84 Å². The fourth-order valence-corrected chi connectivity index (χ4v) is 5.43. The van der Waals surface area contributed by atoms with Crippen molar-refractivity contribution in [2.45, 2.75) is 51.8 Å². The van der Waals surface area contributed by atoms with Gasteiger partial charge in [0.05, 0.1) is 42.9 Å². The molecule has 0 saturated carbocycles. The van der Waals surface area contributed by atoms with Gasteiger partial charge in [-0.25, -0.2) is 4.98 Å². The lowest BCUT2D eigenvalue weighted by Gasteiger charge is -2.29. The summed E-state index contributed by atoms with van der Waals surface area (Å²) in [5.41, 5.74) is 3.39. The van der Waals surface area contributed by atoms with Gasteiger partial charge in [-0.1, -0.05) is 6.07 Å². The third kappa shape index (κ3) is 3.95. The summed E-state index contributed by atoms with van der Waals surface area (Å²) in [5.74, 6) is 0.863. The Bertz CT molecular complexity index is 1110. The number of hydrogen-bond donors (Lipinski definition) is 2. The maximum absolute atomic E-state index is 10.1. The summed E-state index contributed by atoms with van der Waals surface area (Å²) in [4.78, 5) is 8.70. The highest BCUT2D eigenvalue weighted by Gasteiger charge is 2.35. The molecule has 31 heavy (non-hydrogen) atoms. The molecule has 2 aromatic heterocycles. The summed E-state index contributed by atoms with van der Waals surface area (Å²) < 4.78 is 7.89. The molecule has 2 aliphatic rings. The number of rotatable bonds is 4. The Kier molecular flexibility index (Phi) is 4.84. The molecule has 2 N–H and O–H groups in total. The van der Waals surface area contributed by atoms with Crippen LogP contribution in [0.2, 0.25) is 0 Å². The van der Waals surface area contributed by atoms with Crippen LogP contribution < -0.4 is 15.0 Å². The molecule has 0 unspecified atom stereocenters. The molecule has 0 spiro atoms. The molecule has 4 heterocycles. The lowest BCUT2D eigenvalue weighted by Crippen LogP contribution is -2.40. The van der Waals surface area contributed by atoms with Crippen LogP contribution in [0.25, 0.3) is 22.4 Å². The van der Waals surface area contributed by atoms with Gasteiger partial charge < -0.3 is 14.7 Å². The van der Waals surface area contributed by atoms with Gasteiger partial charge in [-0.2, -0.15) is 5.10 Å². The smallest absolute Gasteiger partial charge is 0.187 e. The van der Waals surface area contributed by atoms with Crippen LogP contribution in [0.1, 0.15) is 32.6 Å². The Hall–Kier alpha value is -2.42. The first-order chi connectivity index (χ1) is 14.7. The van der Waals surface area contributed by atoms with Gasteiger partial charge in [0.2, 0.25) is 0 Å². The second kappa shape index (κ2) is 7.32. The molecular formula is C23H29N5O2S. The minimum Gasteiger partial charge on any atom is -0.492 e. The standard InChI is InChI=1S/C23H29N5O2S/c1-22(2)12-24-14-28(22)21-26-20-17-6-5-15(9-18(17)30-8-7-19(20)31-21)16-10-25-27(11-16)13-23(3,4)29/h5-6,9-11,24,29H,7-8,12-14H2,1-4H3. The van der Waals surface area contributed by atoms with Crippen LogP contribution in [0.15, 0.2) is 30.6 Å². The summed E-state index contributed by atoms with van der Waals surface area (Å²) in [7, 11) is 0. The van der Waals surface area contributed by atoms with Crippen molar-refractivity contribution in [2.75, 3.05) is 24.7 Å². The van der Waals surface area contributed by atoms with E-state index in [0.717, 1.165) is 52.9 Å². The summed E-state index contributed by atoms with van der Waals surface area (Å²) in [6.07, 6.45) is 4.66. The summed E-state index contributed by atoms with van der Waals surface area (Å²) in [5, 5.41) is 19.0. The van der Waals surface area contributed by atoms with Crippen LogP contribution in [-0.4, -0.2) is 50.8 Å². The van der Waals surface area contributed by atoms with Gasteiger partial charge in [0.1, 0.15) is 5.75 Å². The van der Waals surface area contributed by atoms with Crippen molar-refractivity contribution in [3.8, 4) is 28.1 Å². The summed E-state index contributed by atoms with van der Waals surface area (Å²) in [6.45, 7) is 10.9. The molecule has 0 amide bonds. The van der Waals surface area contributed by atoms with E-state index in [1.165, 1.54) is 4.88 Å². The van der Waals surface area contributed by atoms with Crippen molar-refractivity contribution in [1.82, 2.24) is 20.1 Å². The molecule has 0 bridgehead atoms. The average Bonchev–Trinajstić information content (AvgIpc) is 3.37. The zero-order valence-electron chi connectivity index (χ0n) is 18.5. The molecule has 2 aliphatic heterocycles. The number of fused-ring (bicyclic) bond motifs is 3. The Balaban J connectivity index is 1.47. The van der Waals surface area contributed by atoms with E-state index < -0.39 is 5.60 Å². The van der Waals surface area contributed by atoms with Crippen molar-refractivity contribution in [1.29, 1.82) is 0 Å². The van der Waals surface area contributed by atoms with Crippen molar-refractivity contribution >= 4 is 16.5 Å². The Labute approximate surface area is 186 Å². The highest BCUT2D eigenvalue weighted by Crippen LogP contribution is 2.43. The average molecular weight is 440 g/mol. The number of thiazole rings is 1. The van der Waals surface area contributed by atoms with Gasteiger partial charge in [0.25, 0.3) is 0 Å². The van der Waals surface area contributed by atoms with Gasteiger partial charge >= 0.3 is 0 Å². The van der Waals surface area contributed by atoms with E-state index in [1.807, 2.05) is 12.4 Å². The zero-order valence-corrected chi connectivity index (χ0v) is 19.3. The van der Waals surface area contributed by atoms with E-state index in [-0.39, 0.29) is 5.54 Å². The molecule has 1 fully saturated rings. The van der Waals surface area contributed by atoms with Crippen LogP contribution in [0.4, 0.5) is 5.13 Å². The number of nitrogens with one attached hydrogen (secondary N) is 1. The molecular weight excluding hydrogens is 410 g/mol. The zero-order chi connectivity index (χ0) is 21.8. The topological polar surface area (TPSA) is 75.4 Å². The molecule has 164 valence electrons. The number of ether oxygens (including phenoxy) is 1. The predicted molar refractivity (Wildman–Crippen MR) is 124 cm³/mol. The normalized spacial score (nSPS) is 17.8. The molecule has 7 nitrogen and oxygen atoms in total. The first-order valence-corrected chi connectivity index (χ1v) is 11.5. The highest BCUT2D eigenvalue weighted by molar-refractivity contribution is 7.16. The number of anilines is 1. The molecule has 0 radical (unpaired) electrons. The Morgan fingerprint density at radius 2 is 2.13 bits per heavy atom. The van der Waals surface area contributed by atoms with Gasteiger partial charge in [-0.05, 0) is 45.4 Å². The fraction of sp³-hybridized carbons (Fsp3) is 0.478. The van der Waals surface area contributed by atoms with Crippen LogP contribution in [-0.2, 0) is 13.0 Å². The lowest BCUT2D eigenvalue weighted by molar-refractivity contribution is 0.0577. The first-order valence-electron chi connectivity index (χ1n) is 10.7. The maximum atomic E-state index is 10.1. The third-order valence-electron chi connectivity index (χ3n) is 5.81. The molecule has 0 aliphatic carbocycles. The van der Waals surface area contributed by atoms with Crippen LogP contribution in [0, 0.1) is 0 Å². The number of aromatic nitrogens is 3. The highest BCUT2D eigenvalue weighted by atomic mass is 32.1. The molecule has 3 aromatic rings. The minimum atomic E-state index is -0.807. The number of aliphatic hydroxyl groups is 1. The Morgan fingerprint density at radius 1 is 1.29 bits per heavy atom. The van der Waals surface area contributed by atoms with Crippen LogP contribution in [0.5, 0.6) is 5.75 Å². The number of nitrogens with zero attached hydrogens (tertiary/aromatic N) is 4. The van der Waals surface area contributed by atoms with E-state index >= 15 is 0 Å². The van der Waals surface area contributed by atoms with Gasteiger partial charge in [-0.15, -0.1) is 11.3 Å². The van der Waals surface area contributed by atoms with Crippen LogP contribution >= 0.6 is 11.3 Å². The van der Waals surface area contributed by atoms with Gasteiger partial charge in [0.15, 0.2) is 5.13 Å². The molecule has 0 atom stereocenters. The van der Waals surface area contributed by atoms with Crippen molar-refractivity contribution in [3.63, 3.8) is 0 Å². The van der Waals surface area contributed by atoms with Crippen molar-refractivity contribution in [2.24, 2.45) is 0 Å².